The van der Waals surface area contributed by atoms with Gasteiger partial charge in [-0.1, -0.05) is 25.1 Å². The maximum Gasteiger partial charge on any atom is 0.401 e. The summed E-state index contributed by atoms with van der Waals surface area (Å²) >= 11 is 0. The molecule has 1 aliphatic rings. The lowest BCUT2D eigenvalue weighted by Gasteiger charge is -2.22. The SMILES string of the molecule is CCN(Cc1ccc2c(c1)CNC2)CC(F)(F)F. The zero-order valence-corrected chi connectivity index (χ0v) is 10.3. The van der Waals surface area contributed by atoms with Crippen LogP contribution in [0, 0.1) is 0 Å². The number of hydrogen-bond donors (Lipinski definition) is 1. The molecule has 1 heterocycles. The van der Waals surface area contributed by atoms with Crippen LogP contribution < -0.4 is 5.32 Å². The standard InChI is InChI=1S/C13H17F3N2/c1-2-18(9-13(14,15)16)8-10-3-4-11-6-17-7-12(11)5-10/h3-5,17H,2,6-9H2,1H3. The normalized spacial score (nSPS) is 15.2. The first-order chi connectivity index (χ1) is 8.48. The molecule has 0 unspecified atom stereocenters. The summed E-state index contributed by atoms with van der Waals surface area (Å²) in [5, 5.41) is 3.23. The minimum atomic E-state index is -4.13. The van der Waals surface area contributed by atoms with Gasteiger partial charge < -0.3 is 5.32 Å². The van der Waals surface area contributed by atoms with Crippen LogP contribution in [0.1, 0.15) is 23.6 Å². The van der Waals surface area contributed by atoms with E-state index in [1.165, 1.54) is 16.0 Å². The summed E-state index contributed by atoms with van der Waals surface area (Å²) in [6.45, 7) is 3.32. The molecule has 0 bridgehead atoms. The molecule has 0 aliphatic carbocycles. The summed E-state index contributed by atoms with van der Waals surface area (Å²) in [6.07, 6.45) is -4.13. The number of hydrogen-bond acceptors (Lipinski definition) is 2. The highest BCUT2D eigenvalue weighted by Crippen LogP contribution is 2.20. The van der Waals surface area contributed by atoms with Crippen LogP contribution in [0.25, 0.3) is 0 Å². The fraction of sp³-hybridized carbons (Fsp3) is 0.538. The van der Waals surface area contributed by atoms with Crippen molar-refractivity contribution in [1.29, 1.82) is 0 Å². The maximum absolute atomic E-state index is 12.4. The summed E-state index contributed by atoms with van der Waals surface area (Å²) in [5.41, 5.74) is 3.40. The van der Waals surface area contributed by atoms with Gasteiger partial charge in [-0.05, 0) is 23.2 Å². The third-order valence-electron chi connectivity index (χ3n) is 3.16. The van der Waals surface area contributed by atoms with Gasteiger partial charge in [-0.3, -0.25) is 4.90 Å². The van der Waals surface area contributed by atoms with Gasteiger partial charge in [0.2, 0.25) is 0 Å². The summed E-state index contributed by atoms with van der Waals surface area (Å²) in [4.78, 5) is 1.41. The highest BCUT2D eigenvalue weighted by atomic mass is 19.4. The number of fused-ring (bicyclic) bond motifs is 1. The number of rotatable bonds is 4. The quantitative estimate of drug-likeness (QED) is 0.893. The van der Waals surface area contributed by atoms with Crippen molar-refractivity contribution < 1.29 is 13.2 Å². The molecule has 100 valence electrons. The van der Waals surface area contributed by atoms with Crippen molar-refractivity contribution in [2.75, 3.05) is 13.1 Å². The zero-order valence-electron chi connectivity index (χ0n) is 10.3. The molecule has 0 amide bonds. The molecule has 0 atom stereocenters. The molecule has 1 aromatic carbocycles. The molecule has 0 fully saturated rings. The van der Waals surface area contributed by atoms with Crippen LogP contribution >= 0.6 is 0 Å². The lowest BCUT2D eigenvalue weighted by Crippen LogP contribution is -2.33. The Kier molecular flexibility index (Phi) is 3.92. The van der Waals surface area contributed by atoms with Crippen LogP contribution in [0.15, 0.2) is 18.2 Å². The van der Waals surface area contributed by atoms with E-state index in [2.05, 4.69) is 5.32 Å². The highest BCUT2D eigenvalue weighted by molar-refractivity contribution is 5.34. The second-order valence-electron chi connectivity index (χ2n) is 4.63. The molecule has 1 N–H and O–H groups in total. The summed E-state index contributed by atoms with van der Waals surface area (Å²) in [7, 11) is 0. The monoisotopic (exact) mass is 258 g/mol. The fourth-order valence-corrected chi connectivity index (χ4v) is 2.24. The van der Waals surface area contributed by atoms with Gasteiger partial charge in [0, 0.05) is 19.6 Å². The van der Waals surface area contributed by atoms with Gasteiger partial charge >= 0.3 is 6.18 Å². The van der Waals surface area contributed by atoms with E-state index in [1.807, 2.05) is 18.2 Å². The predicted molar refractivity (Wildman–Crippen MR) is 64.0 cm³/mol. The van der Waals surface area contributed by atoms with Crippen LogP contribution in [0.2, 0.25) is 0 Å². The van der Waals surface area contributed by atoms with E-state index >= 15 is 0 Å². The Morgan fingerprint density at radius 1 is 1.22 bits per heavy atom. The molecule has 5 heteroatoms. The maximum atomic E-state index is 12.4. The first-order valence-corrected chi connectivity index (χ1v) is 6.08. The lowest BCUT2D eigenvalue weighted by atomic mass is 10.1. The topological polar surface area (TPSA) is 15.3 Å². The van der Waals surface area contributed by atoms with Crippen LogP contribution in [0.5, 0.6) is 0 Å². The van der Waals surface area contributed by atoms with E-state index in [4.69, 9.17) is 0 Å². The second kappa shape index (κ2) is 5.28. The molecular formula is C13H17F3N2. The Morgan fingerprint density at radius 2 is 1.94 bits per heavy atom. The average Bonchev–Trinajstić information content (AvgIpc) is 2.73. The van der Waals surface area contributed by atoms with Gasteiger partial charge in [0.05, 0.1) is 6.54 Å². The van der Waals surface area contributed by atoms with Crippen LogP contribution in [0.3, 0.4) is 0 Å². The van der Waals surface area contributed by atoms with E-state index < -0.39 is 12.7 Å². The third-order valence-corrected chi connectivity index (χ3v) is 3.16. The Labute approximate surface area is 105 Å². The first-order valence-electron chi connectivity index (χ1n) is 6.08. The molecule has 0 saturated carbocycles. The van der Waals surface area contributed by atoms with Crippen LogP contribution in [-0.2, 0) is 19.6 Å². The minimum Gasteiger partial charge on any atom is -0.309 e. The van der Waals surface area contributed by atoms with Crippen LogP contribution in [-0.4, -0.2) is 24.2 Å². The summed E-state index contributed by atoms with van der Waals surface area (Å²) < 4.78 is 37.1. The summed E-state index contributed by atoms with van der Waals surface area (Å²) in [6, 6.07) is 5.94. The molecule has 0 spiro atoms. The predicted octanol–water partition coefficient (Wildman–Crippen LogP) is 2.67. The van der Waals surface area contributed by atoms with E-state index in [-0.39, 0.29) is 0 Å². The van der Waals surface area contributed by atoms with Crippen molar-refractivity contribution >= 4 is 0 Å². The number of nitrogens with one attached hydrogen (secondary N) is 1. The van der Waals surface area contributed by atoms with Gasteiger partial charge in [0.15, 0.2) is 0 Å². The Bertz CT molecular complexity index is 415. The first kappa shape index (κ1) is 13.4. The van der Waals surface area contributed by atoms with Gasteiger partial charge in [-0.2, -0.15) is 13.2 Å². The van der Waals surface area contributed by atoms with Crippen molar-refractivity contribution in [2.45, 2.75) is 32.7 Å². The third kappa shape index (κ3) is 3.46. The minimum absolute atomic E-state index is 0.350. The smallest absolute Gasteiger partial charge is 0.309 e. The molecule has 18 heavy (non-hydrogen) atoms. The molecule has 0 saturated heterocycles. The number of halogens is 3. The Morgan fingerprint density at radius 3 is 2.61 bits per heavy atom. The molecule has 0 radical (unpaired) electrons. The van der Waals surface area contributed by atoms with Crippen molar-refractivity contribution in [3.05, 3.63) is 34.9 Å². The van der Waals surface area contributed by atoms with Gasteiger partial charge in [-0.15, -0.1) is 0 Å². The second-order valence-corrected chi connectivity index (χ2v) is 4.63. The highest BCUT2D eigenvalue weighted by Gasteiger charge is 2.30. The Balaban J connectivity index is 2.03. The van der Waals surface area contributed by atoms with Crippen LogP contribution in [0.4, 0.5) is 13.2 Å². The summed E-state index contributed by atoms with van der Waals surface area (Å²) in [5.74, 6) is 0. The van der Waals surface area contributed by atoms with Gasteiger partial charge in [0.1, 0.15) is 0 Å². The van der Waals surface area contributed by atoms with Gasteiger partial charge in [0.25, 0.3) is 0 Å². The number of nitrogens with zero attached hydrogens (tertiary/aromatic N) is 1. The Hall–Kier alpha value is -1.07. The van der Waals surface area contributed by atoms with Crippen molar-refractivity contribution in [1.82, 2.24) is 10.2 Å². The van der Waals surface area contributed by atoms with Crippen molar-refractivity contribution in [2.24, 2.45) is 0 Å². The van der Waals surface area contributed by atoms with E-state index in [1.54, 1.807) is 6.92 Å². The fourth-order valence-electron chi connectivity index (χ4n) is 2.24. The number of benzene rings is 1. The average molecular weight is 258 g/mol. The van der Waals surface area contributed by atoms with Crippen molar-refractivity contribution in [3.8, 4) is 0 Å². The molecule has 2 rings (SSSR count). The molecule has 0 aromatic heterocycles. The molecule has 1 aliphatic heterocycles. The number of alkyl halides is 3. The van der Waals surface area contributed by atoms with Gasteiger partial charge in [-0.25, -0.2) is 0 Å². The molecular weight excluding hydrogens is 241 g/mol. The van der Waals surface area contributed by atoms with E-state index in [0.29, 0.717) is 13.1 Å². The molecule has 1 aromatic rings. The molecule has 2 nitrogen and oxygen atoms in total. The van der Waals surface area contributed by atoms with E-state index in [0.717, 1.165) is 18.7 Å². The largest absolute Gasteiger partial charge is 0.401 e. The lowest BCUT2D eigenvalue weighted by molar-refractivity contribution is -0.146. The zero-order chi connectivity index (χ0) is 13.2. The van der Waals surface area contributed by atoms with E-state index in [9.17, 15) is 13.2 Å². The van der Waals surface area contributed by atoms with Crippen molar-refractivity contribution in [3.63, 3.8) is 0 Å².